The number of rotatable bonds is 4. The predicted octanol–water partition coefficient (Wildman–Crippen LogP) is 3.63. The number of nitrogens with zero attached hydrogens (tertiary/aromatic N) is 1. The summed E-state index contributed by atoms with van der Waals surface area (Å²) in [5, 5.41) is 12.2. The summed E-state index contributed by atoms with van der Waals surface area (Å²) in [5.74, 6) is 1.44. The molecule has 2 aromatic carbocycles. The number of nitriles is 1. The van der Waals surface area contributed by atoms with Gasteiger partial charge in [0.2, 0.25) is 0 Å². The van der Waals surface area contributed by atoms with Crippen molar-refractivity contribution in [1.82, 2.24) is 0 Å². The second kappa shape index (κ2) is 5.98. The van der Waals surface area contributed by atoms with Crippen molar-refractivity contribution in [2.75, 3.05) is 19.5 Å². The Morgan fingerprint density at radius 3 is 2.15 bits per heavy atom. The van der Waals surface area contributed by atoms with Crippen molar-refractivity contribution in [3.05, 3.63) is 47.5 Å². The van der Waals surface area contributed by atoms with Crippen LogP contribution in [0.3, 0.4) is 0 Å². The van der Waals surface area contributed by atoms with Crippen LogP contribution in [0.15, 0.2) is 36.4 Å². The summed E-state index contributed by atoms with van der Waals surface area (Å²) in [6, 6.07) is 13.2. The molecule has 0 heterocycles. The highest BCUT2D eigenvalue weighted by Gasteiger charge is 2.04. The molecule has 0 amide bonds. The molecule has 0 fully saturated rings. The highest BCUT2D eigenvalue weighted by molar-refractivity contribution is 5.66. The molecule has 2 aromatic rings. The van der Waals surface area contributed by atoms with Crippen LogP contribution in [0.1, 0.15) is 11.1 Å². The molecule has 0 aliphatic carbocycles. The summed E-state index contributed by atoms with van der Waals surface area (Å²) >= 11 is 0. The molecular formula is C16H16N2O2. The molecule has 0 radical (unpaired) electrons. The molecule has 0 aliphatic rings. The van der Waals surface area contributed by atoms with Crippen LogP contribution in [-0.2, 0) is 0 Å². The Hall–Kier alpha value is -2.67. The van der Waals surface area contributed by atoms with Gasteiger partial charge in [-0.15, -0.1) is 0 Å². The van der Waals surface area contributed by atoms with Gasteiger partial charge >= 0.3 is 0 Å². The highest BCUT2D eigenvalue weighted by Crippen LogP contribution is 2.29. The van der Waals surface area contributed by atoms with Gasteiger partial charge in [0.25, 0.3) is 0 Å². The minimum atomic E-state index is 0.649. The second-order valence-corrected chi connectivity index (χ2v) is 4.37. The Kier molecular flexibility index (Phi) is 4.11. The summed E-state index contributed by atoms with van der Waals surface area (Å²) in [6.07, 6.45) is 0. The van der Waals surface area contributed by atoms with E-state index in [4.69, 9.17) is 14.7 Å². The normalized spacial score (nSPS) is 9.70. The van der Waals surface area contributed by atoms with Crippen LogP contribution < -0.4 is 14.8 Å². The first-order valence-electron chi connectivity index (χ1n) is 6.17. The smallest absolute Gasteiger partial charge is 0.124 e. The van der Waals surface area contributed by atoms with Gasteiger partial charge in [0.15, 0.2) is 0 Å². The van der Waals surface area contributed by atoms with Crippen molar-refractivity contribution in [3.8, 4) is 17.6 Å². The molecule has 0 atom stereocenters. The molecule has 102 valence electrons. The molecule has 0 bridgehead atoms. The van der Waals surface area contributed by atoms with Gasteiger partial charge < -0.3 is 14.8 Å². The number of anilines is 2. The Labute approximate surface area is 118 Å². The number of aryl methyl sites for hydroxylation is 1. The third kappa shape index (κ3) is 3.01. The quantitative estimate of drug-likeness (QED) is 0.920. The Bertz CT molecular complexity index is 638. The zero-order chi connectivity index (χ0) is 14.5. The standard InChI is InChI=1S/C16H16N2O2/c1-11-6-12(10-17)4-5-16(11)18-13-7-14(19-2)9-15(8-13)20-3/h4-9,18H,1-3H3. The van der Waals surface area contributed by atoms with Crippen LogP contribution in [0, 0.1) is 18.3 Å². The average molecular weight is 268 g/mol. The van der Waals surface area contributed by atoms with E-state index in [1.165, 1.54) is 0 Å². The van der Waals surface area contributed by atoms with Crippen LogP contribution in [-0.4, -0.2) is 14.2 Å². The molecule has 4 heteroatoms. The molecule has 4 nitrogen and oxygen atoms in total. The molecule has 0 saturated carbocycles. The lowest BCUT2D eigenvalue weighted by molar-refractivity contribution is 0.395. The zero-order valence-corrected chi connectivity index (χ0v) is 11.7. The van der Waals surface area contributed by atoms with Gasteiger partial charge in [0.05, 0.1) is 25.9 Å². The van der Waals surface area contributed by atoms with Crippen molar-refractivity contribution in [1.29, 1.82) is 5.26 Å². The van der Waals surface area contributed by atoms with Crippen LogP contribution in [0.5, 0.6) is 11.5 Å². The number of nitrogens with one attached hydrogen (secondary N) is 1. The lowest BCUT2D eigenvalue weighted by atomic mass is 10.1. The number of methoxy groups -OCH3 is 2. The maximum atomic E-state index is 8.88. The number of hydrogen-bond donors (Lipinski definition) is 1. The molecule has 2 rings (SSSR count). The van der Waals surface area contributed by atoms with Crippen LogP contribution in [0.4, 0.5) is 11.4 Å². The summed E-state index contributed by atoms with van der Waals surface area (Å²) in [6.45, 7) is 1.96. The van der Waals surface area contributed by atoms with E-state index in [-0.39, 0.29) is 0 Å². The molecule has 0 aliphatic heterocycles. The van der Waals surface area contributed by atoms with Crippen molar-refractivity contribution >= 4 is 11.4 Å². The maximum Gasteiger partial charge on any atom is 0.124 e. The minimum Gasteiger partial charge on any atom is -0.497 e. The maximum absolute atomic E-state index is 8.88. The number of ether oxygens (including phenoxy) is 2. The van der Waals surface area contributed by atoms with Crippen molar-refractivity contribution < 1.29 is 9.47 Å². The third-order valence-corrected chi connectivity index (χ3v) is 2.99. The molecule has 0 spiro atoms. The average Bonchev–Trinajstić information content (AvgIpc) is 2.48. The van der Waals surface area contributed by atoms with E-state index >= 15 is 0 Å². The van der Waals surface area contributed by atoms with Gasteiger partial charge in [-0.1, -0.05) is 0 Å². The lowest BCUT2D eigenvalue weighted by Crippen LogP contribution is -1.96. The van der Waals surface area contributed by atoms with Crippen LogP contribution >= 0.6 is 0 Å². The van der Waals surface area contributed by atoms with Gasteiger partial charge in [-0.25, -0.2) is 0 Å². The van der Waals surface area contributed by atoms with Gasteiger partial charge in [-0.3, -0.25) is 0 Å². The van der Waals surface area contributed by atoms with E-state index in [0.717, 1.165) is 28.4 Å². The van der Waals surface area contributed by atoms with Crippen molar-refractivity contribution in [2.45, 2.75) is 6.92 Å². The fourth-order valence-corrected chi connectivity index (χ4v) is 1.91. The predicted molar refractivity (Wildman–Crippen MR) is 78.7 cm³/mol. The fourth-order valence-electron chi connectivity index (χ4n) is 1.91. The van der Waals surface area contributed by atoms with Crippen LogP contribution in [0.2, 0.25) is 0 Å². The van der Waals surface area contributed by atoms with Crippen molar-refractivity contribution in [3.63, 3.8) is 0 Å². The Morgan fingerprint density at radius 1 is 1.00 bits per heavy atom. The van der Waals surface area contributed by atoms with Gasteiger partial charge in [-0.05, 0) is 30.7 Å². The SMILES string of the molecule is COc1cc(Nc2ccc(C#N)cc2C)cc(OC)c1. The molecule has 20 heavy (non-hydrogen) atoms. The van der Waals surface area contributed by atoms with E-state index in [1.54, 1.807) is 20.3 Å². The van der Waals surface area contributed by atoms with Crippen molar-refractivity contribution in [2.24, 2.45) is 0 Å². The number of hydrogen-bond acceptors (Lipinski definition) is 4. The summed E-state index contributed by atoms with van der Waals surface area (Å²) in [5.41, 5.74) is 3.47. The van der Waals surface area contributed by atoms with Gasteiger partial charge in [0.1, 0.15) is 11.5 Å². The van der Waals surface area contributed by atoms with Gasteiger partial charge in [-0.2, -0.15) is 5.26 Å². The Balaban J connectivity index is 2.32. The highest BCUT2D eigenvalue weighted by atomic mass is 16.5. The largest absolute Gasteiger partial charge is 0.497 e. The first kappa shape index (κ1) is 13.8. The third-order valence-electron chi connectivity index (χ3n) is 2.99. The minimum absolute atomic E-state index is 0.649. The summed E-state index contributed by atoms with van der Waals surface area (Å²) in [4.78, 5) is 0. The topological polar surface area (TPSA) is 54.3 Å². The monoisotopic (exact) mass is 268 g/mol. The molecular weight excluding hydrogens is 252 g/mol. The molecule has 0 saturated heterocycles. The molecule has 0 unspecified atom stereocenters. The second-order valence-electron chi connectivity index (χ2n) is 4.37. The van der Waals surface area contributed by atoms with E-state index in [9.17, 15) is 0 Å². The number of benzene rings is 2. The molecule has 0 aromatic heterocycles. The van der Waals surface area contributed by atoms with E-state index in [1.807, 2.05) is 37.3 Å². The molecule has 1 N–H and O–H groups in total. The lowest BCUT2D eigenvalue weighted by Gasteiger charge is -2.12. The Morgan fingerprint density at radius 2 is 1.65 bits per heavy atom. The zero-order valence-electron chi connectivity index (χ0n) is 11.7. The summed E-state index contributed by atoms with van der Waals surface area (Å²) < 4.78 is 10.5. The van der Waals surface area contributed by atoms with Gasteiger partial charge in [0, 0.05) is 29.6 Å². The van der Waals surface area contributed by atoms with E-state index < -0.39 is 0 Å². The summed E-state index contributed by atoms with van der Waals surface area (Å²) in [7, 11) is 3.23. The van der Waals surface area contributed by atoms with E-state index in [0.29, 0.717) is 5.56 Å². The first-order chi connectivity index (χ1) is 9.66. The first-order valence-corrected chi connectivity index (χ1v) is 6.17. The fraction of sp³-hybridized carbons (Fsp3) is 0.188. The van der Waals surface area contributed by atoms with Crippen LogP contribution in [0.25, 0.3) is 0 Å². The van der Waals surface area contributed by atoms with E-state index in [2.05, 4.69) is 11.4 Å².